The SMILES string of the molecule is c1cc2nncn2nc1NN=C1CCCCCC1. The molecular weight excluding hydrogens is 228 g/mol. The molecule has 0 aromatic carbocycles. The number of fused-ring (bicyclic) bond motifs is 1. The highest BCUT2D eigenvalue weighted by molar-refractivity contribution is 5.85. The van der Waals surface area contributed by atoms with Crippen LogP contribution in [0, 0.1) is 0 Å². The molecule has 1 N–H and O–H groups in total. The normalized spacial score (nSPS) is 16.6. The van der Waals surface area contributed by atoms with Gasteiger partial charge in [-0.2, -0.15) is 9.62 Å². The fourth-order valence-corrected chi connectivity index (χ4v) is 2.17. The zero-order valence-corrected chi connectivity index (χ0v) is 10.2. The number of nitrogens with one attached hydrogen (secondary N) is 1. The molecule has 1 aliphatic rings. The van der Waals surface area contributed by atoms with Gasteiger partial charge in [-0.1, -0.05) is 12.8 Å². The predicted molar refractivity (Wildman–Crippen MR) is 69.5 cm³/mol. The van der Waals surface area contributed by atoms with Crippen molar-refractivity contribution in [2.24, 2.45) is 5.10 Å². The van der Waals surface area contributed by atoms with Crippen molar-refractivity contribution in [3.05, 3.63) is 18.5 Å². The van der Waals surface area contributed by atoms with Crippen molar-refractivity contribution in [3.8, 4) is 0 Å². The van der Waals surface area contributed by atoms with Crippen LogP contribution in [0.25, 0.3) is 5.65 Å². The third-order valence-corrected chi connectivity index (χ3v) is 3.17. The lowest BCUT2D eigenvalue weighted by Crippen LogP contribution is -2.03. The molecule has 0 spiro atoms. The summed E-state index contributed by atoms with van der Waals surface area (Å²) in [6.45, 7) is 0. The Morgan fingerprint density at radius 2 is 1.94 bits per heavy atom. The molecule has 18 heavy (non-hydrogen) atoms. The summed E-state index contributed by atoms with van der Waals surface area (Å²) >= 11 is 0. The Morgan fingerprint density at radius 3 is 2.78 bits per heavy atom. The van der Waals surface area contributed by atoms with Gasteiger partial charge in [0.25, 0.3) is 0 Å². The van der Waals surface area contributed by atoms with Crippen molar-refractivity contribution in [2.45, 2.75) is 38.5 Å². The van der Waals surface area contributed by atoms with E-state index in [1.165, 1.54) is 31.4 Å². The van der Waals surface area contributed by atoms with E-state index in [1.54, 1.807) is 10.8 Å². The molecule has 1 aliphatic carbocycles. The van der Waals surface area contributed by atoms with Crippen LogP contribution in [-0.2, 0) is 0 Å². The third kappa shape index (κ3) is 2.47. The maximum Gasteiger partial charge on any atom is 0.177 e. The first kappa shape index (κ1) is 11.1. The number of rotatable bonds is 2. The highest BCUT2D eigenvalue weighted by atomic mass is 15.4. The second kappa shape index (κ2) is 5.12. The zero-order valence-electron chi connectivity index (χ0n) is 10.2. The molecule has 2 aromatic rings. The van der Waals surface area contributed by atoms with E-state index in [4.69, 9.17) is 0 Å². The van der Waals surface area contributed by atoms with Gasteiger partial charge in [-0.25, -0.2) is 0 Å². The van der Waals surface area contributed by atoms with Gasteiger partial charge >= 0.3 is 0 Å². The van der Waals surface area contributed by atoms with Gasteiger partial charge in [-0.3, -0.25) is 5.43 Å². The van der Waals surface area contributed by atoms with E-state index in [9.17, 15) is 0 Å². The Hall–Kier alpha value is -1.98. The number of hydrazone groups is 1. The van der Waals surface area contributed by atoms with Crippen LogP contribution in [0.5, 0.6) is 0 Å². The first-order valence-electron chi connectivity index (χ1n) is 6.40. The standard InChI is InChI=1S/C12H16N6/c1-2-4-6-10(5-3-1)14-15-11-7-8-12-16-13-9-18(12)17-11/h7-9H,1-6H2,(H,15,17). The Morgan fingerprint density at radius 1 is 1.11 bits per heavy atom. The van der Waals surface area contributed by atoms with E-state index < -0.39 is 0 Å². The molecule has 6 nitrogen and oxygen atoms in total. The summed E-state index contributed by atoms with van der Waals surface area (Å²) in [5.41, 5.74) is 5.01. The van der Waals surface area contributed by atoms with Gasteiger partial charge in [0.1, 0.15) is 6.33 Å². The summed E-state index contributed by atoms with van der Waals surface area (Å²) in [6.07, 6.45) is 8.92. The lowest BCUT2D eigenvalue weighted by atomic mass is 10.2. The maximum atomic E-state index is 4.45. The van der Waals surface area contributed by atoms with Gasteiger partial charge < -0.3 is 0 Å². The van der Waals surface area contributed by atoms with Crippen LogP contribution in [0.2, 0.25) is 0 Å². The number of nitrogens with zero attached hydrogens (tertiary/aromatic N) is 5. The highest BCUT2D eigenvalue weighted by Gasteiger charge is 2.05. The molecule has 0 radical (unpaired) electrons. The zero-order chi connectivity index (χ0) is 12.2. The molecule has 0 atom stereocenters. The summed E-state index contributed by atoms with van der Waals surface area (Å²) in [7, 11) is 0. The minimum absolute atomic E-state index is 0.721. The molecule has 0 bridgehead atoms. The average Bonchev–Trinajstić information content (AvgIpc) is 2.70. The molecule has 0 amide bonds. The summed E-state index contributed by atoms with van der Waals surface area (Å²) in [5, 5.41) is 16.5. The molecule has 1 fully saturated rings. The van der Waals surface area contributed by atoms with Crippen LogP contribution in [-0.4, -0.2) is 25.5 Å². The second-order valence-electron chi connectivity index (χ2n) is 4.56. The van der Waals surface area contributed by atoms with Crippen LogP contribution >= 0.6 is 0 Å². The van der Waals surface area contributed by atoms with Crippen LogP contribution in [0.15, 0.2) is 23.6 Å². The molecule has 3 rings (SSSR count). The molecule has 94 valence electrons. The first-order valence-corrected chi connectivity index (χ1v) is 6.40. The lowest BCUT2D eigenvalue weighted by molar-refractivity contribution is 0.702. The van der Waals surface area contributed by atoms with Crippen molar-refractivity contribution in [2.75, 3.05) is 5.43 Å². The van der Waals surface area contributed by atoms with E-state index in [1.807, 2.05) is 12.1 Å². The van der Waals surface area contributed by atoms with Crippen LogP contribution < -0.4 is 5.43 Å². The number of hydrogen-bond acceptors (Lipinski definition) is 5. The molecule has 0 saturated heterocycles. The summed E-state index contributed by atoms with van der Waals surface area (Å²) in [4.78, 5) is 0. The smallest absolute Gasteiger partial charge is 0.177 e. The molecule has 1 saturated carbocycles. The van der Waals surface area contributed by atoms with Crippen molar-refractivity contribution in [3.63, 3.8) is 0 Å². The number of anilines is 1. The first-order chi connectivity index (χ1) is 8.92. The van der Waals surface area contributed by atoms with E-state index in [2.05, 4.69) is 25.8 Å². The van der Waals surface area contributed by atoms with Gasteiger partial charge in [-0.05, 0) is 37.8 Å². The fourth-order valence-electron chi connectivity index (χ4n) is 2.17. The largest absolute Gasteiger partial charge is 0.260 e. The average molecular weight is 244 g/mol. The van der Waals surface area contributed by atoms with Gasteiger partial charge in [0, 0.05) is 5.71 Å². The highest BCUT2D eigenvalue weighted by Crippen LogP contribution is 2.15. The van der Waals surface area contributed by atoms with E-state index in [0.717, 1.165) is 24.3 Å². The summed E-state index contributed by atoms with van der Waals surface area (Å²) in [5.74, 6) is 0.721. The minimum Gasteiger partial charge on any atom is -0.260 e. The van der Waals surface area contributed by atoms with E-state index in [0.29, 0.717) is 0 Å². The second-order valence-corrected chi connectivity index (χ2v) is 4.56. The molecule has 0 unspecified atom stereocenters. The molecule has 6 heteroatoms. The van der Waals surface area contributed by atoms with Gasteiger partial charge in [0.2, 0.25) is 0 Å². The van der Waals surface area contributed by atoms with Crippen LogP contribution in [0.4, 0.5) is 5.82 Å². The van der Waals surface area contributed by atoms with Crippen molar-refractivity contribution in [1.29, 1.82) is 0 Å². The predicted octanol–water partition coefficient (Wildman–Crippen LogP) is 2.25. The Labute approximate surface area is 105 Å². The number of hydrogen-bond donors (Lipinski definition) is 1. The van der Waals surface area contributed by atoms with E-state index >= 15 is 0 Å². The quantitative estimate of drug-likeness (QED) is 0.650. The fraction of sp³-hybridized carbons (Fsp3) is 0.500. The minimum atomic E-state index is 0.721. The third-order valence-electron chi connectivity index (χ3n) is 3.17. The topological polar surface area (TPSA) is 67.5 Å². The Kier molecular flexibility index (Phi) is 3.16. The number of aromatic nitrogens is 4. The lowest BCUT2D eigenvalue weighted by Gasteiger charge is -2.03. The van der Waals surface area contributed by atoms with Crippen molar-refractivity contribution in [1.82, 2.24) is 19.8 Å². The van der Waals surface area contributed by atoms with Crippen LogP contribution in [0.3, 0.4) is 0 Å². The van der Waals surface area contributed by atoms with Crippen molar-refractivity contribution >= 4 is 17.2 Å². The van der Waals surface area contributed by atoms with Crippen molar-refractivity contribution < 1.29 is 0 Å². The molecular formula is C12H16N6. The monoisotopic (exact) mass is 244 g/mol. The molecule has 0 aliphatic heterocycles. The molecule has 2 heterocycles. The van der Waals surface area contributed by atoms with Crippen LogP contribution in [0.1, 0.15) is 38.5 Å². The van der Waals surface area contributed by atoms with Gasteiger partial charge in [-0.15, -0.1) is 15.3 Å². The Bertz CT molecular complexity index is 548. The summed E-state index contributed by atoms with van der Waals surface area (Å²) in [6, 6.07) is 3.74. The molecule has 2 aromatic heterocycles. The van der Waals surface area contributed by atoms with E-state index in [-0.39, 0.29) is 0 Å². The van der Waals surface area contributed by atoms with Gasteiger partial charge in [0.15, 0.2) is 11.5 Å². The Balaban J connectivity index is 1.72. The maximum absolute atomic E-state index is 4.45. The van der Waals surface area contributed by atoms with Gasteiger partial charge in [0.05, 0.1) is 0 Å². The summed E-state index contributed by atoms with van der Waals surface area (Å²) < 4.78 is 1.63.